The van der Waals surface area contributed by atoms with E-state index in [1.54, 1.807) is 12.1 Å². The molecule has 2 saturated heterocycles. The van der Waals surface area contributed by atoms with E-state index in [0.29, 0.717) is 51.5 Å². The van der Waals surface area contributed by atoms with Gasteiger partial charge in [-0.15, -0.1) is 0 Å². The van der Waals surface area contributed by atoms with Crippen LogP contribution < -0.4 is 16.0 Å². The van der Waals surface area contributed by atoms with Crippen molar-refractivity contribution in [1.82, 2.24) is 25.8 Å². The summed E-state index contributed by atoms with van der Waals surface area (Å²) in [6.45, 7) is 13.2. The van der Waals surface area contributed by atoms with E-state index in [9.17, 15) is 18.8 Å². The summed E-state index contributed by atoms with van der Waals surface area (Å²) in [5.41, 5.74) is -0.0200. The van der Waals surface area contributed by atoms with Gasteiger partial charge in [-0.1, -0.05) is 45.2 Å². The minimum Gasteiger partial charge on any atom is -0.351 e. The maximum atomic E-state index is 14.1. The third-order valence-corrected chi connectivity index (χ3v) is 9.56. The van der Waals surface area contributed by atoms with Crippen molar-refractivity contribution in [2.45, 2.75) is 104 Å². The number of piperidine rings is 1. The highest BCUT2D eigenvalue weighted by Crippen LogP contribution is 2.46. The van der Waals surface area contributed by atoms with Crippen LogP contribution in [0.4, 0.5) is 9.18 Å². The minimum absolute atomic E-state index is 0.0350. The highest BCUT2D eigenvalue weighted by molar-refractivity contribution is 5.88. The van der Waals surface area contributed by atoms with E-state index in [4.69, 9.17) is 0 Å². The average Bonchev–Trinajstić information content (AvgIpc) is 2.97. The fourth-order valence-electron chi connectivity index (χ4n) is 7.15. The first kappa shape index (κ1) is 32.2. The van der Waals surface area contributed by atoms with E-state index in [1.165, 1.54) is 18.6 Å². The van der Waals surface area contributed by atoms with Gasteiger partial charge in [0, 0.05) is 50.7 Å². The third kappa shape index (κ3) is 7.82. The van der Waals surface area contributed by atoms with Crippen molar-refractivity contribution in [3.63, 3.8) is 0 Å². The zero-order valence-electron chi connectivity index (χ0n) is 26.3. The summed E-state index contributed by atoms with van der Waals surface area (Å²) in [6, 6.07) is 5.13. The van der Waals surface area contributed by atoms with Gasteiger partial charge in [-0.2, -0.15) is 0 Å². The molecule has 1 aromatic carbocycles. The Labute approximate surface area is 251 Å². The number of likely N-dealkylation sites (tertiary alicyclic amines) is 1. The first-order chi connectivity index (χ1) is 19.9. The lowest BCUT2D eigenvalue weighted by Gasteiger charge is -2.48. The zero-order valence-corrected chi connectivity index (χ0v) is 26.3. The molecule has 4 amide bonds. The van der Waals surface area contributed by atoms with Crippen LogP contribution in [0.3, 0.4) is 0 Å². The second-order valence-electron chi connectivity index (χ2n) is 14.1. The van der Waals surface area contributed by atoms with Crippen LogP contribution in [0.1, 0.15) is 85.1 Å². The van der Waals surface area contributed by atoms with E-state index in [-0.39, 0.29) is 47.6 Å². The summed E-state index contributed by atoms with van der Waals surface area (Å²) in [5.74, 6) is 0.223. The maximum Gasteiger partial charge on any atom is 0.318 e. The normalized spacial score (nSPS) is 22.5. The number of carbonyl (C=O) groups excluding carboxylic acids is 3. The van der Waals surface area contributed by atoms with Crippen molar-refractivity contribution in [2.24, 2.45) is 17.3 Å². The summed E-state index contributed by atoms with van der Waals surface area (Å²) >= 11 is 0. The Kier molecular flexibility index (Phi) is 10.5. The molecule has 234 valence electrons. The van der Waals surface area contributed by atoms with Crippen LogP contribution in [-0.2, 0) is 16.0 Å². The second-order valence-corrected chi connectivity index (χ2v) is 14.1. The van der Waals surface area contributed by atoms with Gasteiger partial charge in [0.1, 0.15) is 11.9 Å². The molecule has 3 fully saturated rings. The van der Waals surface area contributed by atoms with E-state index < -0.39 is 11.5 Å². The number of piperazine rings is 1. The van der Waals surface area contributed by atoms with Crippen molar-refractivity contribution < 1.29 is 18.8 Å². The van der Waals surface area contributed by atoms with Crippen LogP contribution in [0.2, 0.25) is 0 Å². The molecule has 2 aliphatic heterocycles. The van der Waals surface area contributed by atoms with Gasteiger partial charge in [-0.05, 0) is 76.0 Å². The predicted octanol–water partition coefficient (Wildman–Crippen LogP) is 4.48. The zero-order chi connectivity index (χ0) is 30.5. The number of nitrogens with one attached hydrogen (secondary N) is 3. The number of rotatable bonds is 7. The molecule has 2 atom stereocenters. The van der Waals surface area contributed by atoms with Crippen molar-refractivity contribution in [3.05, 3.63) is 35.6 Å². The number of hydrogen-bond donors (Lipinski definition) is 3. The molecule has 0 spiro atoms. The standard InChI is InChI=1S/C33H52FN5O3/c1-23(2)28-22-35-17-20-39(28)31(42)36-27(21-24-11-13-26(34)14-12-24)29(40)38-18-15-33(16-19-38,25-9-7-6-8-10-25)30(41)37-32(3,4)5/h11-14,23,25,27-28,35H,6-10,15-22H2,1-5H3,(H,36,42)(H,37,41)/t27-,28+/m1/s1. The van der Waals surface area contributed by atoms with Gasteiger partial charge in [-0.3, -0.25) is 9.59 Å². The summed E-state index contributed by atoms with van der Waals surface area (Å²) < 4.78 is 13.6. The largest absolute Gasteiger partial charge is 0.351 e. The lowest BCUT2D eigenvalue weighted by atomic mass is 9.63. The van der Waals surface area contributed by atoms with Crippen molar-refractivity contribution in [1.29, 1.82) is 0 Å². The van der Waals surface area contributed by atoms with Crippen LogP contribution >= 0.6 is 0 Å². The van der Waals surface area contributed by atoms with Gasteiger partial charge in [0.15, 0.2) is 0 Å². The number of halogens is 1. The number of urea groups is 1. The second kappa shape index (κ2) is 13.7. The summed E-state index contributed by atoms with van der Waals surface area (Å²) in [6.07, 6.45) is 7.13. The molecule has 3 aliphatic rings. The molecular weight excluding hydrogens is 533 g/mol. The van der Waals surface area contributed by atoms with Gasteiger partial charge in [0.25, 0.3) is 0 Å². The van der Waals surface area contributed by atoms with Gasteiger partial charge >= 0.3 is 6.03 Å². The highest BCUT2D eigenvalue weighted by Gasteiger charge is 2.49. The SMILES string of the molecule is CC(C)[C@@H]1CNCCN1C(=O)N[C@H](Cc1ccc(F)cc1)C(=O)N1CCC(C(=O)NC(C)(C)C)(C2CCCCC2)CC1. The topological polar surface area (TPSA) is 93.8 Å². The highest BCUT2D eigenvalue weighted by atomic mass is 19.1. The molecule has 1 saturated carbocycles. The molecule has 42 heavy (non-hydrogen) atoms. The lowest BCUT2D eigenvalue weighted by molar-refractivity contribution is -0.147. The molecule has 0 aromatic heterocycles. The first-order valence-corrected chi connectivity index (χ1v) is 16.0. The Hall–Kier alpha value is -2.68. The van der Waals surface area contributed by atoms with E-state index in [2.05, 4.69) is 29.8 Å². The fourth-order valence-corrected chi connectivity index (χ4v) is 7.15. The van der Waals surface area contributed by atoms with Gasteiger partial charge in [0.2, 0.25) is 11.8 Å². The Morgan fingerprint density at radius 2 is 1.67 bits per heavy atom. The smallest absolute Gasteiger partial charge is 0.318 e. The summed E-state index contributed by atoms with van der Waals surface area (Å²) in [5, 5.41) is 9.70. The quantitative estimate of drug-likeness (QED) is 0.440. The number of benzene rings is 1. The molecule has 0 bridgehead atoms. The molecule has 3 N–H and O–H groups in total. The average molecular weight is 586 g/mol. The van der Waals surface area contributed by atoms with E-state index in [1.807, 2.05) is 30.6 Å². The van der Waals surface area contributed by atoms with Crippen molar-refractivity contribution in [2.75, 3.05) is 32.7 Å². The monoisotopic (exact) mass is 585 g/mol. The van der Waals surface area contributed by atoms with E-state index in [0.717, 1.165) is 31.2 Å². The molecule has 0 radical (unpaired) electrons. The van der Waals surface area contributed by atoms with Gasteiger partial charge in [-0.25, -0.2) is 9.18 Å². The van der Waals surface area contributed by atoms with Gasteiger partial charge < -0.3 is 25.8 Å². The molecule has 4 rings (SSSR count). The van der Waals surface area contributed by atoms with Crippen LogP contribution in [0.25, 0.3) is 0 Å². The number of carbonyl (C=O) groups is 3. The van der Waals surface area contributed by atoms with Crippen molar-refractivity contribution in [3.8, 4) is 0 Å². The lowest BCUT2D eigenvalue weighted by Crippen LogP contribution is -2.62. The Morgan fingerprint density at radius 1 is 1.02 bits per heavy atom. The number of nitrogens with zero attached hydrogens (tertiary/aromatic N) is 2. The molecule has 8 nitrogen and oxygen atoms in total. The maximum absolute atomic E-state index is 14.1. The van der Waals surface area contributed by atoms with Crippen molar-refractivity contribution >= 4 is 17.8 Å². The van der Waals surface area contributed by atoms with E-state index >= 15 is 0 Å². The third-order valence-electron chi connectivity index (χ3n) is 9.56. The fraction of sp³-hybridized carbons (Fsp3) is 0.727. The minimum atomic E-state index is -0.781. The van der Waals surface area contributed by atoms with Crippen LogP contribution in [0.15, 0.2) is 24.3 Å². The molecule has 0 unspecified atom stereocenters. The Bertz CT molecular complexity index is 1070. The summed E-state index contributed by atoms with van der Waals surface area (Å²) in [7, 11) is 0. The number of amides is 4. The summed E-state index contributed by atoms with van der Waals surface area (Å²) in [4.78, 5) is 45.2. The molecular formula is C33H52FN5O3. The van der Waals surface area contributed by atoms with Crippen LogP contribution in [0, 0.1) is 23.1 Å². The predicted molar refractivity (Wildman–Crippen MR) is 163 cm³/mol. The molecule has 2 heterocycles. The number of hydrogen-bond acceptors (Lipinski definition) is 4. The van der Waals surface area contributed by atoms with Crippen LogP contribution in [-0.4, -0.2) is 78.0 Å². The molecule has 1 aliphatic carbocycles. The Morgan fingerprint density at radius 3 is 2.26 bits per heavy atom. The molecule has 9 heteroatoms. The first-order valence-electron chi connectivity index (χ1n) is 16.0. The Balaban J connectivity index is 1.52. The van der Waals surface area contributed by atoms with Crippen LogP contribution in [0.5, 0.6) is 0 Å². The molecule has 1 aromatic rings. The van der Waals surface area contributed by atoms with Gasteiger partial charge in [0.05, 0.1) is 5.41 Å².